The van der Waals surface area contributed by atoms with E-state index in [2.05, 4.69) is 20.9 Å². The van der Waals surface area contributed by atoms with Crippen LogP contribution in [0.2, 0.25) is 0 Å². The van der Waals surface area contributed by atoms with E-state index in [-0.39, 0.29) is 25.2 Å². The van der Waals surface area contributed by atoms with Gasteiger partial charge in [0.1, 0.15) is 24.2 Å². The van der Waals surface area contributed by atoms with E-state index in [4.69, 9.17) is 10.8 Å². The summed E-state index contributed by atoms with van der Waals surface area (Å²) in [7, 11) is 0. The highest BCUT2D eigenvalue weighted by atomic mass is 16.4. The smallest absolute Gasteiger partial charge is 0.326 e. The first-order valence-electron chi connectivity index (χ1n) is 12.6. The number of carbonyl (C=O) groups excluding carboxylic acids is 3. The summed E-state index contributed by atoms with van der Waals surface area (Å²) in [5, 5.41) is 36.5. The third-order valence-electron chi connectivity index (χ3n) is 6.16. The van der Waals surface area contributed by atoms with Crippen molar-refractivity contribution in [1.82, 2.24) is 20.9 Å². The van der Waals surface area contributed by atoms with Gasteiger partial charge in [0.25, 0.3) is 0 Å². The first-order valence-corrected chi connectivity index (χ1v) is 12.6. The molecule has 1 aromatic carbocycles. The average molecular weight is 548 g/mol. The Labute approximate surface area is 225 Å². The number of carboxylic acid groups (broad SMARTS) is 2. The maximum Gasteiger partial charge on any atom is 0.326 e. The Hall–Kier alpha value is -3.97. The predicted molar refractivity (Wildman–Crippen MR) is 141 cm³/mol. The van der Waals surface area contributed by atoms with E-state index in [9.17, 15) is 34.2 Å². The van der Waals surface area contributed by atoms with E-state index >= 15 is 0 Å². The van der Waals surface area contributed by atoms with Gasteiger partial charge in [0.05, 0.1) is 6.10 Å². The van der Waals surface area contributed by atoms with Crippen molar-refractivity contribution in [2.24, 2.45) is 11.7 Å². The number of aromatic nitrogens is 1. The summed E-state index contributed by atoms with van der Waals surface area (Å²) in [6.07, 6.45) is -0.230. The molecule has 0 aliphatic heterocycles. The van der Waals surface area contributed by atoms with Gasteiger partial charge in [-0.05, 0) is 37.3 Å². The van der Waals surface area contributed by atoms with Gasteiger partial charge in [-0.1, -0.05) is 32.0 Å². The summed E-state index contributed by atoms with van der Waals surface area (Å²) in [6.45, 7) is 4.88. The number of carbonyl (C=O) groups is 5. The summed E-state index contributed by atoms with van der Waals surface area (Å²) in [5.41, 5.74) is 7.21. The Kier molecular flexibility index (Phi) is 11.4. The average Bonchev–Trinajstić information content (AvgIpc) is 3.27. The molecule has 0 fully saturated rings. The van der Waals surface area contributed by atoms with E-state index in [1.807, 2.05) is 18.2 Å². The summed E-state index contributed by atoms with van der Waals surface area (Å²) < 4.78 is 0. The van der Waals surface area contributed by atoms with Crippen LogP contribution >= 0.6 is 0 Å². The van der Waals surface area contributed by atoms with Gasteiger partial charge in [-0.2, -0.15) is 0 Å². The SMILES string of the molecule is CC(C)CC(NC(=O)C(CCC(=O)O)NC(=O)C(Cc1c[nH]c2ccccc12)NC(=O)C(N)C(C)O)C(=O)O. The number of H-pyrrole nitrogens is 1. The molecule has 1 aromatic heterocycles. The van der Waals surface area contributed by atoms with Crippen LogP contribution < -0.4 is 21.7 Å². The molecule has 5 atom stereocenters. The molecular formula is C26H37N5O8. The zero-order valence-electron chi connectivity index (χ0n) is 22.1. The summed E-state index contributed by atoms with van der Waals surface area (Å²) >= 11 is 0. The van der Waals surface area contributed by atoms with Crippen molar-refractivity contribution >= 4 is 40.6 Å². The van der Waals surface area contributed by atoms with Crippen molar-refractivity contribution in [3.8, 4) is 0 Å². The van der Waals surface area contributed by atoms with Crippen LogP contribution in [0.3, 0.4) is 0 Å². The molecule has 5 unspecified atom stereocenters. The molecule has 214 valence electrons. The highest BCUT2D eigenvalue weighted by Crippen LogP contribution is 2.19. The molecule has 0 aliphatic rings. The van der Waals surface area contributed by atoms with Gasteiger partial charge in [0.15, 0.2) is 0 Å². The number of nitrogens with two attached hydrogens (primary N) is 1. The van der Waals surface area contributed by atoms with Crippen LogP contribution in [0.25, 0.3) is 10.9 Å². The van der Waals surface area contributed by atoms with Crippen LogP contribution in [0, 0.1) is 5.92 Å². The number of aliphatic carboxylic acids is 2. The quantitative estimate of drug-likeness (QED) is 0.148. The van der Waals surface area contributed by atoms with Crippen molar-refractivity contribution in [3.05, 3.63) is 36.0 Å². The van der Waals surface area contributed by atoms with Gasteiger partial charge < -0.3 is 42.0 Å². The Morgan fingerprint density at radius 3 is 2.08 bits per heavy atom. The number of hydrogen-bond donors (Lipinski definition) is 8. The van der Waals surface area contributed by atoms with Crippen molar-refractivity contribution in [1.29, 1.82) is 0 Å². The standard InChI is InChI=1S/C26H37N5O8/c1-13(2)10-20(26(38)39)31-23(35)18(8-9-21(33)34)29-24(36)19(30-25(37)22(27)14(3)32)11-15-12-28-17-7-5-4-6-16(15)17/h4-7,12-14,18-20,22,28,32H,8-11,27H2,1-3H3,(H,29,36)(H,30,37)(H,31,35)(H,33,34)(H,38,39). The fraction of sp³-hybridized carbons (Fsp3) is 0.500. The number of fused-ring (bicyclic) bond motifs is 1. The molecule has 0 aliphatic carbocycles. The number of aliphatic hydroxyl groups excluding tert-OH is 1. The molecule has 0 radical (unpaired) electrons. The lowest BCUT2D eigenvalue weighted by Crippen LogP contribution is -2.58. The second kappa shape index (κ2) is 14.3. The van der Waals surface area contributed by atoms with E-state index in [0.29, 0.717) is 5.56 Å². The van der Waals surface area contributed by atoms with Gasteiger partial charge in [-0.3, -0.25) is 19.2 Å². The molecule has 0 spiro atoms. The zero-order valence-corrected chi connectivity index (χ0v) is 22.1. The molecule has 0 bridgehead atoms. The fourth-order valence-corrected chi connectivity index (χ4v) is 3.99. The molecule has 0 saturated heterocycles. The largest absolute Gasteiger partial charge is 0.481 e. The summed E-state index contributed by atoms with van der Waals surface area (Å²) in [5.74, 6) is -5.03. The van der Waals surface area contributed by atoms with E-state index < -0.39 is 66.4 Å². The van der Waals surface area contributed by atoms with Gasteiger partial charge in [-0.25, -0.2) is 4.79 Å². The number of rotatable bonds is 15. The van der Waals surface area contributed by atoms with Crippen molar-refractivity contribution in [2.45, 2.75) is 76.7 Å². The fourth-order valence-electron chi connectivity index (χ4n) is 3.99. The van der Waals surface area contributed by atoms with Crippen LogP contribution in [-0.4, -0.2) is 80.2 Å². The van der Waals surface area contributed by atoms with E-state index in [1.54, 1.807) is 26.1 Å². The summed E-state index contributed by atoms with van der Waals surface area (Å²) in [6, 6.07) is 2.06. The first-order chi connectivity index (χ1) is 18.3. The molecule has 39 heavy (non-hydrogen) atoms. The minimum absolute atomic E-state index is 0.0213. The lowest BCUT2D eigenvalue weighted by atomic mass is 10.0. The van der Waals surface area contributed by atoms with Crippen molar-refractivity contribution in [2.75, 3.05) is 0 Å². The third kappa shape index (κ3) is 9.37. The van der Waals surface area contributed by atoms with E-state index in [1.165, 1.54) is 6.92 Å². The lowest BCUT2D eigenvalue weighted by Gasteiger charge is -2.25. The second-order valence-corrected chi connectivity index (χ2v) is 9.91. The maximum absolute atomic E-state index is 13.4. The van der Waals surface area contributed by atoms with Crippen LogP contribution in [-0.2, 0) is 30.4 Å². The molecule has 3 amide bonds. The predicted octanol–water partition coefficient (Wildman–Crippen LogP) is -0.132. The monoisotopic (exact) mass is 547 g/mol. The lowest BCUT2D eigenvalue weighted by molar-refractivity contribution is -0.143. The van der Waals surface area contributed by atoms with Gasteiger partial charge in [0.2, 0.25) is 17.7 Å². The van der Waals surface area contributed by atoms with Crippen LogP contribution in [0.5, 0.6) is 0 Å². The third-order valence-corrected chi connectivity index (χ3v) is 6.16. The molecular weight excluding hydrogens is 510 g/mol. The Morgan fingerprint density at radius 2 is 1.49 bits per heavy atom. The highest BCUT2D eigenvalue weighted by Gasteiger charge is 2.32. The normalized spacial score (nSPS) is 15.1. The first kappa shape index (κ1) is 31.2. The maximum atomic E-state index is 13.4. The Bertz CT molecular complexity index is 1180. The second-order valence-electron chi connectivity index (χ2n) is 9.91. The number of aromatic amines is 1. The molecule has 1 heterocycles. The number of para-hydroxylation sites is 1. The molecule has 2 rings (SSSR count). The molecule has 2 aromatic rings. The van der Waals surface area contributed by atoms with Gasteiger partial charge in [-0.15, -0.1) is 0 Å². The van der Waals surface area contributed by atoms with Crippen LogP contribution in [0.1, 0.15) is 45.6 Å². The number of hydrogen-bond acceptors (Lipinski definition) is 7. The van der Waals surface area contributed by atoms with Crippen molar-refractivity contribution < 1.29 is 39.3 Å². The number of aliphatic hydroxyl groups is 1. The number of carboxylic acids is 2. The number of benzene rings is 1. The van der Waals surface area contributed by atoms with Crippen LogP contribution in [0.15, 0.2) is 30.5 Å². The highest BCUT2D eigenvalue weighted by molar-refractivity contribution is 5.95. The van der Waals surface area contributed by atoms with Gasteiger partial charge >= 0.3 is 11.9 Å². The topological polar surface area (TPSA) is 224 Å². The minimum Gasteiger partial charge on any atom is -0.481 e. The summed E-state index contributed by atoms with van der Waals surface area (Å²) in [4.78, 5) is 65.0. The number of nitrogens with one attached hydrogen (secondary N) is 4. The zero-order chi connectivity index (χ0) is 29.3. The number of amides is 3. The minimum atomic E-state index is -1.39. The van der Waals surface area contributed by atoms with Crippen molar-refractivity contribution in [3.63, 3.8) is 0 Å². The van der Waals surface area contributed by atoms with Gasteiger partial charge in [0, 0.05) is 29.9 Å². The Balaban J connectivity index is 2.32. The molecule has 9 N–H and O–H groups in total. The Morgan fingerprint density at radius 1 is 0.897 bits per heavy atom. The van der Waals surface area contributed by atoms with E-state index in [0.717, 1.165) is 10.9 Å². The molecule has 13 heteroatoms. The van der Waals surface area contributed by atoms with Crippen LogP contribution in [0.4, 0.5) is 0 Å². The molecule has 0 saturated carbocycles. The molecule has 13 nitrogen and oxygen atoms in total.